The number of ether oxygens (including phenoxy) is 2. The Morgan fingerprint density at radius 3 is 1.96 bits per heavy atom. The number of methoxy groups -OCH3 is 1. The minimum absolute atomic E-state index is 0.0369. The molecule has 0 spiro atoms. The Labute approximate surface area is 288 Å². The lowest BCUT2D eigenvalue weighted by molar-refractivity contribution is -0.143. The molecule has 3 aromatic carbocycles. The predicted molar refractivity (Wildman–Crippen MR) is 169 cm³/mol. The fourth-order valence-electron chi connectivity index (χ4n) is 6.41. The van der Waals surface area contributed by atoms with E-state index >= 15 is 0 Å². The average Bonchev–Trinajstić information content (AvgIpc) is 3.58. The number of carboxylic acid groups (broad SMARTS) is 1. The van der Waals surface area contributed by atoms with Gasteiger partial charge in [0, 0.05) is 30.6 Å². The lowest BCUT2D eigenvalue weighted by Crippen LogP contribution is -2.43. The molecule has 0 heterocycles. The van der Waals surface area contributed by atoms with Crippen molar-refractivity contribution in [3.05, 3.63) is 81.9 Å². The van der Waals surface area contributed by atoms with Crippen LogP contribution in [0.2, 0.25) is 0 Å². The van der Waals surface area contributed by atoms with Gasteiger partial charge < -0.3 is 19.7 Å². The van der Waals surface area contributed by atoms with Crippen LogP contribution in [0.3, 0.4) is 0 Å². The number of rotatable bonds is 13. The minimum Gasteiger partial charge on any atom is -0.496 e. The van der Waals surface area contributed by atoms with Crippen LogP contribution in [0.5, 0.6) is 11.5 Å². The fourth-order valence-corrected chi connectivity index (χ4v) is 6.41. The number of hydrogen-bond acceptors (Lipinski definition) is 5. The molecule has 1 saturated carbocycles. The summed E-state index contributed by atoms with van der Waals surface area (Å²) in [6.45, 7) is 2.89. The van der Waals surface area contributed by atoms with Crippen molar-refractivity contribution >= 4 is 5.97 Å². The van der Waals surface area contributed by atoms with Gasteiger partial charge in [0.15, 0.2) is 0 Å². The number of halogens is 9. The normalized spacial score (nSPS) is 15.6. The van der Waals surface area contributed by atoms with Crippen LogP contribution in [-0.4, -0.2) is 46.9 Å². The van der Waals surface area contributed by atoms with Crippen LogP contribution in [0.25, 0.3) is 11.1 Å². The molecular weight excluding hydrogens is 697 g/mol. The van der Waals surface area contributed by atoms with Crippen molar-refractivity contribution in [1.29, 1.82) is 0 Å². The second kappa shape index (κ2) is 15.7. The topological polar surface area (TPSA) is 79.2 Å². The molecule has 51 heavy (non-hydrogen) atoms. The number of aryl methyl sites for hydroxylation is 1. The summed E-state index contributed by atoms with van der Waals surface area (Å²) in [5, 5.41) is 20.4. The molecular formula is C36H38F9NO5. The zero-order chi connectivity index (χ0) is 37.9. The van der Waals surface area contributed by atoms with Gasteiger partial charge in [-0.25, -0.2) is 0 Å². The van der Waals surface area contributed by atoms with Gasteiger partial charge >= 0.3 is 24.5 Å². The number of aliphatic hydroxyl groups excluding tert-OH is 1. The number of benzene rings is 3. The minimum atomic E-state index is -5.15. The summed E-state index contributed by atoms with van der Waals surface area (Å²) < 4.78 is 136. The first-order valence-electron chi connectivity index (χ1n) is 16.2. The Balaban J connectivity index is 1.82. The number of alkyl halides is 9. The van der Waals surface area contributed by atoms with Gasteiger partial charge in [-0.05, 0) is 97.8 Å². The van der Waals surface area contributed by atoms with Crippen LogP contribution < -0.4 is 9.47 Å². The summed E-state index contributed by atoms with van der Waals surface area (Å²) in [4.78, 5) is 12.6. The van der Waals surface area contributed by atoms with E-state index in [0.717, 1.165) is 25.0 Å². The molecule has 0 aliphatic heterocycles. The molecule has 2 atom stereocenters. The molecule has 6 nitrogen and oxygen atoms in total. The zero-order valence-corrected chi connectivity index (χ0v) is 28.0. The van der Waals surface area contributed by atoms with Crippen LogP contribution >= 0.6 is 0 Å². The summed E-state index contributed by atoms with van der Waals surface area (Å²) in [7, 11) is 1.36. The number of hydrogen-bond donors (Lipinski definition) is 2. The predicted octanol–water partition coefficient (Wildman–Crippen LogP) is 9.84. The molecule has 1 aliphatic carbocycles. The van der Waals surface area contributed by atoms with E-state index in [1.54, 1.807) is 24.0 Å². The Hall–Kier alpha value is -3.98. The number of carboxylic acids is 1. The smallest absolute Gasteiger partial charge is 0.416 e. The maximum Gasteiger partial charge on any atom is 0.416 e. The van der Waals surface area contributed by atoms with Crippen molar-refractivity contribution in [3.8, 4) is 22.6 Å². The summed E-state index contributed by atoms with van der Waals surface area (Å²) in [5.74, 6) is -0.417. The lowest BCUT2D eigenvalue weighted by Gasteiger charge is -2.38. The van der Waals surface area contributed by atoms with Crippen molar-refractivity contribution in [2.75, 3.05) is 13.7 Å². The molecule has 0 saturated heterocycles. The Morgan fingerprint density at radius 2 is 1.43 bits per heavy atom. The molecule has 0 bridgehead atoms. The molecule has 4 rings (SSSR count). The van der Waals surface area contributed by atoms with Crippen molar-refractivity contribution in [3.63, 3.8) is 0 Å². The van der Waals surface area contributed by atoms with Gasteiger partial charge in [0.2, 0.25) is 0 Å². The summed E-state index contributed by atoms with van der Waals surface area (Å²) in [5.41, 5.74) is -3.52. The Kier molecular flexibility index (Phi) is 12.3. The van der Waals surface area contributed by atoms with Crippen molar-refractivity contribution in [1.82, 2.24) is 4.90 Å². The largest absolute Gasteiger partial charge is 0.496 e. The Bertz CT molecular complexity index is 1650. The maximum atomic E-state index is 14.1. The molecule has 1 aliphatic rings. The quantitative estimate of drug-likeness (QED) is 0.135. The fraction of sp³-hybridized carbons (Fsp3) is 0.472. The molecule has 2 N–H and O–H groups in total. The number of aliphatic carboxylic acids is 1. The second-order valence-electron chi connectivity index (χ2n) is 12.7. The molecule has 0 radical (unpaired) electrons. The van der Waals surface area contributed by atoms with E-state index < -0.39 is 58.9 Å². The first-order chi connectivity index (χ1) is 23.7. The van der Waals surface area contributed by atoms with E-state index in [9.17, 15) is 49.4 Å². The number of aliphatic hydroxyl groups is 1. The highest BCUT2D eigenvalue weighted by atomic mass is 19.4. The van der Waals surface area contributed by atoms with Crippen molar-refractivity contribution in [2.24, 2.45) is 0 Å². The summed E-state index contributed by atoms with van der Waals surface area (Å²) in [6.07, 6.45) is -14.4. The van der Waals surface area contributed by atoms with Crippen LogP contribution in [0, 0.1) is 6.92 Å². The van der Waals surface area contributed by atoms with Crippen LogP contribution in [0.4, 0.5) is 39.5 Å². The summed E-state index contributed by atoms with van der Waals surface area (Å²) >= 11 is 0. The van der Waals surface area contributed by atoms with E-state index in [0.29, 0.717) is 41.9 Å². The first-order valence-corrected chi connectivity index (χ1v) is 16.2. The second-order valence-corrected chi connectivity index (χ2v) is 12.7. The van der Waals surface area contributed by atoms with E-state index in [-0.39, 0.29) is 55.0 Å². The van der Waals surface area contributed by atoms with Gasteiger partial charge in [-0.15, -0.1) is 0 Å². The molecule has 0 amide bonds. The van der Waals surface area contributed by atoms with E-state index in [2.05, 4.69) is 0 Å². The number of carbonyl (C=O) groups is 1. The summed E-state index contributed by atoms with van der Waals surface area (Å²) in [6, 6.07) is 5.57. The SMILES string of the molecule is COc1cc(C)c(OCCCC(=O)O)cc1-c1ccc(C(F)(F)F)cc1CN(C1CCCC1)C(C)C(O)c1cc(C(F)(F)F)cc(C(F)(F)F)c1. The van der Waals surface area contributed by atoms with Crippen molar-refractivity contribution < 1.29 is 64.0 Å². The monoisotopic (exact) mass is 735 g/mol. The standard InChI is InChI=1S/C36H38F9NO5/c1-20-13-31(50-3)29(18-30(20)51-12-6-9-32(47)48)28-11-10-24(34(37,38)39)16-23(28)19-46(27-7-4-5-8-27)21(2)33(49)22-14-25(35(40,41)42)17-26(15-22)36(43,44)45/h10-11,13-18,21,27,33,49H,4-9,12,19H2,1-3H3,(H,47,48). The maximum absolute atomic E-state index is 14.1. The van der Waals surface area contributed by atoms with Gasteiger partial charge in [-0.3, -0.25) is 9.69 Å². The molecule has 0 aromatic heterocycles. The van der Waals surface area contributed by atoms with E-state index in [1.807, 2.05) is 0 Å². The highest BCUT2D eigenvalue weighted by molar-refractivity contribution is 5.76. The first kappa shape index (κ1) is 39.8. The van der Waals surface area contributed by atoms with E-state index in [4.69, 9.17) is 14.6 Å². The van der Waals surface area contributed by atoms with Gasteiger partial charge in [0.25, 0.3) is 0 Å². The Morgan fingerprint density at radius 1 is 0.843 bits per heavy atom. The van der Waals surface area contributed by atoms with Crippen LogP contribution in [-0.2, 0) is 29.9 Å². The van der Waals surface area contributed by atoms with Gasteiger partial charge in [-0.1, -0.05) is 18.9 Å². The van der Waals surface area contributed by atoms with E-state index in [1.165, 1.54) is 20.1 Å². The average molecular weight is 736 g/mol. The van der Waals surface area contributed by atoms with Crippen LogP contribution in [0.1, 0.15) is 84.9 Å². The molecule has 3 aromatic rings. The third-order valence-electron chi connectivity index (χ3n) is 9.09. The lowest BCUT2D eigenvalue weighted by atomic mass is 9.92. The molecule has 2 unspecified atom stereocenters. The highest BCUT2D eigenvalue weighted by Gasteiger charge is 2.39. The van der Waals surface area contributed by atoms with Gasteiger partial charge in [-0.2, -0.15) is 39.5 Å². The molecule has 1 fully saturated rings. The third-order valence-corrected chi connectivity index (χ3v) is 9.09. The third kappa shape index (κ3) is 9.88. The van der Waals surface area contributed by atoms with Crippen LogP contribution in [0.15, 0.2) is 48.5 Å². The number of nitrogens with zero attached hydrogens (tertiary/aromatic N) is 1. The molecule has 280 valence electrons. The van der Waals surface area contributed by atoms with Crippen molar-refractivity contribution in [2.45, 2.75) is 95.6 Å². The molecule has 15 heteroatoms. The van der Waals surface area contributed by atoms with Gasteiger partial charge in [0.1, 0.15) is 11.5 Å². The highest BCUT2D eigenvalue weighted by Crippen LogP contribution is 2.43. The van der Waals surface area contributed by atoms with Gasteiger partial charge in [0.05, 0.1) is 36.5 Å². The zero-order valence-electron chi connectivity index (χ0n) is 28.0.